The third kappa shape index (κ3) is 4.43. The molecule has 0 bridgehead atoms. The van der Waals surface area contributed by atoms with Gasteiger partial charge >= 0.3 is 0 Å². The van der Waals surface area contributed by atoms with Gasteiger partial charge in [0.05, 0.1) is 6.10 Å². The highest BCUT2D eigenvalue weighted by Crippen LogP contribution is 2.29. The zero-order valence-corrected chi connectivity index (χ0v) is 9.54. The van der Waals surface area contributed by atoms with Crippen molar-refractivity contribution < 1.29 is 9.84 Å². The van der Waals surface area contributed by atoms with Gasteiger partial charge in [-0.1, -0.05) is 32.6 Å². The molecule has 0 amide bonds. The molecule has 84 valence electrons. The maximum Gasteiger partial charge on any atom is 0.0546 e. The number of hydrogen-bond acceptors (Lipinski definition) is 2. The lowest BCUT2D eigenvalue weighted by atomic mass is 9.94. The maximum atomic E-state index is 9.85. The van der Waals surface area contributed by atoms with E-state index in [2.05, 4.69) is 6.92 Å². The summed E-state index contributed by atoms with van der Waals surface area (Å²) in [4.78, 5) is 0. The van der Waals surface area contributed by atoms with Crippen LogP contribution in [0.25, 0.3) is 0 Å². The lowest BCUT2D eigenvalue weighted by Gasteiger charge is -2.18. The van der Waals surface area contributed by atoms with Crippen LogP contribution in [0.3, 0.4) is 0 Å². The molecule has 0 heterocycles. The second-order valence-electron chi connectivity index (χ2n) is 4.84. The molecule has 0 aliphatic heterocycles. The fraction of sp³-hybridized carbons (Fsp3) is 1.00. The number of rotatable bonds is 6. The standard InChI is InChI=1S/C12H24O2/c1-10(9-14-2)7-12(13)8-11-5-3-4-6-11/h10-13H,3-9H2,1-2H3. The Bertz CT molecular complexity index is 141. The minimum absolute atomic E-state index is 0.108. The lowest BCUT2D eigenvalue weighted by molar-refractivity contribution is 0.0860. The van der Waals surface area contributed by atoms with Crippen LogP contribution >= 0.6 is 0 Å². The molecule has 0 spiro atoms. The molecule has 0 aromatic carbocycles. The highest BCUT2D eigenvalue weighted by atomic mass is 16.5. The summed E-state index contributed by atoms with van der Waals surface area (Å²) < 4.78 is 5.06. The van der Waals surface area contributed by atoms with Gasteiger partial charge in [0.1, 0.15) is 0 Å². The van der Waals surface area contributed by atoms with E-state index in [-0.39, 0.29) is 6.10 Å². The Labute approximate surface area is 87.7 Å². The van der Waals surface area contributed by atoms with E-state index in [0.717, 1.165) is 25.4 Å². The van der Waals surface area contributed by atoms with Crippen molar-refractivity contribution in [1.82, 2.24) is 0 Å². The van der Waals surface area contributed by atoms with Crippen molar-refractivity contribution in [3.63, 3.8) is 0 Å². The Kier molecular flexibility index (Phi) is 5.49. The molecule has 2 nitrogen and oxygen atoms in total. The number of hydrogen-bond donors (Lipinski definition) is 1. The number of methoxy groups -OCH3 is 1. The van der Waals surface area contributed by atoms with Crippen molar-refractivity contribution in [2.45, 2.75) is 51.6 Å². The van der Waals surface area contributed by atoms with Crippen LogP contribution < -0.4 is 0 Å². The van der Waals surface area contributed by atoms with Gasteiger partial charge < -0.3 is 9.84 Å². The van der Waals surface area contributed by atoms with Crippen LogP contribution in [0.1, 0.15) is 45.4 Å². The summed E-state index contributed by atoms with van der Waals surface area (Å²) in [5.41, 5.74) is 0. The van der Waals surface area contributed by atoms with E-state index in [0.29, 0.717) is 5.92 Å². The summed E-state index contributed by atoms with van der Waals surface area (Å²) in [7, 11) is 1.72. The second-order valence-corrected chi connectivity index (χ2v) is 4.84. The predicted octanol–water partition coefficient (Wildman–Crippen LogP) is 2.60. The predicted molar refractivity (Wildman–Crippen MR) is 58.2 cm³/mol. The van der Waals surface area contributed by atoms with Gasteiger partial charge in [0.15, 0.2) is 0 Å². The number of aliphatic hydroxyl groups excluding tert-OH is 1. The minimum Gasteiger partial charge on any atom is -0.393 e. The van der Waals surface area contributed by atoms with Crippen LogP contribution in [-0.4, -0.2) is 24.9 Å². The molecule has 1 rings (SSSR count). The molecular weight excluding hydrogens is 176 g/mol. The van der Waals surface area contributed by atoms with Gasteiger partial charge in [-0.3, -0.25) is 0 Å². The van der Waals surface area contributed by atoms with Crippen molar-refractivity contribution in [1.29, 1.82) is 0 Å². The van der Waals surface area contributed by atoms with Crippen LogP contribution in [0.5, 0.6) is 0 Å². The molecular formula is C12H24O2. The molecule has 0 aromatic heterocycles. The Hall–Kier alpha value is -0.0800. The van der Waals surface area contributed by atoms with Crippen molar-refractivity contribution in [3.8, 4) is 0 Å². The summed E-state index contributed by atoms with van der Waals surface area (Å²) in [5, 5.41) is 9.85. The van der Waals surface area contributed by atoms with Gasteiger partial charge in [-0.05, 0) is 24.7 Å². The fourth-order valence-corrected chi connectivity index (χ4v) is 2.54. The van der Waals surface area contributed by atoms with E-state index < -0.39 is 0 Å². The second kappa shape index (κ2) is 6.41. The van der Waals surface area contributed by atoms with E-state index in [9.17, 15) is 5.11 Å². The van der Waals surface area contributed by atoms with E-state index in [1.807, 2.05) is 0 Å². The summed E-state index contributed by atoms with van der Waals surface area (Å²) in [5.74, 6) is 1.27. The summed E-state index contributed by atoms with van der Waals surface area (Å²) >= 11 is 0. The Morgan fingerprint density at radius 1 is 1.36 bits per heavy atom. The smallest absolute Gasteiger partial charge is 0.0546 e. The zero-order chi connectivity index (χ0) is 10.4. The summed E-state index contributed by atoms with van der Waals surface area (Å²) in [6, 6.07) is 0. The highest BCUT2D eigenvalue weighted by molar-refractivity contribution is 4.72. The van der Waals surface area contributed by atoms with Crippen molar-refractivity contribution in [3.05, 3.63) is 0 Å². The molecule has 14 heavy (non-hydrogen) atoms. The third-order valence-corrected chi connectivity index (χ3v) is 3.21. The zero-order valence-electron chi connectivity index (χ0n) is 9.54. The van der Waals surface area contributed by atoms with Crippen LogP contribution in [-0.2, 0) is 4.74 Å². The molecule has 1 fully saturated rings. The normalized spacial score (nSPS) is 22.5. The number of ether oxygens (including phenoxy) is 1. The van der Waals surface area contributed by atoms with E-state index >= 15 is 0 Å². The SMILES string of the molecule is COCC(C)CC(O)CC1CCCC1. The maximum absolute atomic E-state index is 9.85. The van der Waals surface area contributed by atoms with Crippen LogP contribution in [0.2, 0.25) is 0 Å². The quantitative estimate of drug-likeness (QED) is 0.714. The van der Waals surface area contributed by atoms with Gasteiger partial charge in [0, 0.05) is 13.7 Å². The van der Waals surface area contributed by atoms with Crippen molar-refractivity contribution in [2.24, 2.45) is 11.8 Å². The topological polar surface area (TPSA) is 29.5 Å². The first-order chi connectivity index (χ1) is 6.72. The summed E-state index contributed by atoms with van der Waals surface area (Å²) in [6.45, 7) is 2.91. The Morgan fingerprint density at radius 2 is 2.00 bits per heavy atom. The van der Waals surface area contributed by atoms with Gasteiger partial charge in [-0.25, -0.2) is 0 Å². The van der Waals surface area contributed by atoms with Crippen LogP contribution in [0, 0.1) is 11.8 Å². The molecule has 0 saturated heterocycles. The van der Waals surface area contributed by atoms with E-state index in [1.54, 1.807) is 7.11 Å². The molecule has 1 N–H and O–H groups in total. The molecule has 1 saturated carbocycles. The van der Waals surface area contributed by atoms with Crippen LogP contribution in [0.4, 0.5) is 0 Å². The molecule has 2 atom stereocenters. The van der Waals surface area contributed by atoms with Gasteiger partial charge in [-0.2, -0.15) is 0 Å². The van der Waals surface area contributed by atoms with Gasteiger partial charge in [0.2, 0.25) is 0 Å². The van der Waals surface area contributed by atoms with E-state index in [1.165, 1.54) is 25.7 Å². The minimum atomic E-state index is -0.108. The van der Waals surface area contributed by atoms with Crippen molar-refractivity contribution >= 4 is 0 Å². The third-order valence-electron chi connectivity index (χ3n) is 3.21. The number of aliphatic hydroxyl groups is 1. The van der Waals surface area contributed by atoms with Gasteiger partial charge in [-0.15, -0.1) is 0 Å². The Morgan fingerprint density at radius 3 is 2.57 bits per heavy atom. The fourth-order valence-electron chi connectivity index (χ4n) is 2.54. The average Bonchev–Trinajstić information content (AvgIpc) is 2.56. The molecule has 1 aliphatic rings. The van der Waals surface area contributed by atoms with Crippen molar-refractivity contribution in [2.75, 3.05) is 13.7 Å². The molecule has 0 aromatic rings. The molecule has 2 heteroatoms. The van der Waals surface area contributed by atoms with Crippen LogP contribution in [0.15, 0.2) is 0 Å². The van der Waals surface area contributed by atoms with Gasteiger partial charge in [0.25, 0.3) is 0 Å². The highest BCUT2D eigenvalue weighted by Gasteiger charge is 2.19. The molecule has 0 radical (unpaired) electrons. The Balaban J connectivity index is 2.10. The lowest BCUT2D eigenvalue weighted by Crippen LogP contribution is -2.17. The first kappa shape index (κ1) is 12.0. The van der Waals surface area contributed by atoms with E-state index in [4.69, 9.17) is 4.74 Å². The molecule has 1 aliphatic carbocycles. The monoisotopic (exact) mass is 200 g/mol. The molecule has 2 unspecified atom stereocenters. The average molecular weight is 200 g/mol. The first-order valence-corrected chi connectivity index (χ1v) is 5.89. The first-order valence-electron chi connectivity index (χ1n) is 5.89. The largest absolute Gasteiger partial charge is 0.393 e. The summed E-state index contributed by atoms with van der Waals surface area (Å²) in [6.07, 6.45) is 7.18.